The fraction of sp³-hybridized carbons (Fsp3) is 0.533. The highest BCUT2D eigenvalue weighted by atomic mass is 16.5. The molecule has 20 heavy (non-hydrogen) atoms. The van der Waals surface area contributed by atoms with Crippen molar-refractivity contribution in [2.75, 3.05) is 6.54 Å². The third-order valence-electron chi connectivity index (χ3n) is 3.08. The minimum absolute atomic E-state index is 0.380. The van der Waals surface area contributed by atoms with Crippen LogP contribution in [-0.4, -0.2) is 27.7 Å². The van der Waals surface area contributed by atoms with Gasteiger partial charge in [0.05, 0.1) is 0 Å². The van der Waals surface area contributed by atoms with Gasteiger partial charge >= 0.3 is 0 Å². The van der Waals surface area contributed by atoms with Gasteiger partial charge < -0.3 is 9.84 Å². The molecule has 5 heteroatoms. The Balaban J connectivity index is 2.04. The quantitative estimate of drug-likeness (QED) is 0.841. The predicted molar refractivity (Wildman–Crippen MR) is 78.2 cm³/mol. The average Bonchev–Trinajstić information content (AvgIpc) is 2.88. The Bertz CT molecular complexity index is 510. The van der Waals surface area contributed by atoms with Gasteiger partial charge in [0.25, 0.3) is 0 Å². The van der Waals surface area contributed by atoms with Gasteiger partial charge in [-0.2, -0.15) is 4.98 Å². The van der Waals surface area contributed by atoms with Crippen LogP contribution in [0.4, 0.5) is 0 Å². The van der Waals surface area contributed by atoms with Crippen LogP contribution in [0.25, 0.3) is 11.4 Å². The molecule has 0 aromatic carbocycles. The lowest BCUT2D eigenvalue weighted by Gasteiger charge is -2.17. The molecule has 0 bridgehead atoms. The Morgan fingerprint density at radius 2 is 2.00 bits per heavy atom. The Morgan fingerprint density at radius 3 is 2.65 bits per heavy atom. The molecule has 0 radical (unpaired) electrons. The first-order chi connectivity index (χ1) is 9.69. The van der Waals surface area contributed by atoms with Gasteiger partial charge in [-0.1, -0.05) is 25.9 Å². The van der Waals surface area contributed by atoms with E-state index in [1.165, 1.54) is 0 Å². The van der Waals surface area contributed by atoms with Gasteiger partial charge in [0.2, 0.25) is 11.7 Å². The molecular weight excluding hydrogens is 252 g/mol. The zero-order valence-corrected chi connectivity index (χ0v) is 12.3. The Labute approximate surface area is 119 Å². The van der Waals surface area contributed by atoms with Crippen molar-refractivity contribution in [3.63, 3.8) is 0 Å². The first kappa shape index (κ1) is 14.7. The number of likely N-dealkylation sites (N-methyl/N-ethyl adjacent to an activating group) is 1. The van der Waals surface area contributed by atoms with Crippen molar-refractivity contribution in [1.82, 2.24) is 20.4 Å². The molecule has 2 aromatic heterocycles. The van der Waals surface area contributed by atoms with Gasteiger partial charge in [0, 0.05) is 30.4 Å². The first-order valence-corrected chi connectivity index (χ1v) is 7.15. The van der Waals surface area contributed by atoms with Crippen molar-refractivity contribution in [1.29, 1.82) is 0 Å². The molecule has 0 amide bonds. The van der Waals surface area contributed by atoms with E-state index in [-0.39, 0.29) is 0 Å². The Kier molecular flexibility index (Phi) is 5.24. The van der Waals surface area contributed by atoms with Crippen LogP contribution in [0.5, 0.6) is 0 Å². The first-order valence-electron chi connectivity index (χ1n) is 7.15. The summed E-state index contributed by atoms with van der Waals surface area (Å²) in [5.41, 5.74) is 0.930. The topological polar surface area (TPSA) is 63.8 Å². The second-order valence-corrected chi connectivity index (χ2v) is 5.34. The molecule has 0 saturated heterocycles. The molecule has 2 aromatic rings. The molecular formula is C15H22N4O. The van der Waals surface area contributed by atoms with Crippen LogP contribution in [-0.2, 0) is 6.42 Å². The van der Waals surface area contributed by atoms with Gasteiger partial charge in [-0.25, -0.2) is 0 Å². The molecule has 0 aliphatic rings. The van der Waals surface area contributed by atoms with Crippen LogP contribution in [0.3, 0.4) is 0 Å². The number of pyridine rings is 1. The lowest BCUT2D eigenvalue weighted by atomic mass is 10.0. The summed E-state index contributed by atoms with van der Waals surface area (Å²) in [6, 6.07) is 4.14. The van der Waals surface area contributed by atoms with E-state index in [9.17, 15) is 0 Å². The summed E-state index contributed by atoms with van der Waals surface area (Å²) in [7, 11) is 0. The SMILES string of the molecule is CCNC(Cc1nc(-c2ccncc2)no1)CC(C)C. The molecule has 2 heterocycles. The van der Waals surface area contributed by atoms with Gasteiger partial charge in [-0.05, 0) is 31.0 Å². The van der Waals surface area contributed by atoms with Gasteiger partial charge in [0.15, 0.2) is 0 Å². The van der Waals surface area contributed by atoms with Crippen LogP contribution in [0.2, 0.25) is 0 Å². The monoisotopic (exact) mass is 274 g/mol. The lowest BCUT2D eigenvalue weighted by Crippen LogP contribution is -2.32. The summed E-state index contributed by atoms with van der Waals surface area (Å²) in [4.78, 5) is 8.45. The fourth-order valence-corrected chi connectivity index (χ4v) is 2.26. The highest BCUT2D eigenvalue weighted by Crippen LogP contribution is 2.16. The molecule has 5 nitrogen and oxygen atoms in total. The molecule has 0 fully saturated rings. The largest absolute Gasteiger partial charge is 0.339 e. The standard InChI is InChI=1S/C15H22N4O/c1-4-17-13(9-11(2)3)10-14-18-15(19-20-14)12-5-7-16-8-6-12/h5-8,11,13,17H,4,9-10H2,1-3H3. The van der Waals surface area contributed by atoms with Crippen molar-refractivity contribution in [3.8, 4) is 11.4 Å². The summed E-state index contributed by atoms with van der Waals surface area (Å²) in [6.07, 6.45) is 5.32. The molecule has 0 saturated carbocycles. The summed E-state index contributed by atoms with van der Waals surface area (Å²) in [5.74, 6) is 1.95. The smallest absolute Gasteiger partial charge is 0.228 e. The average molecular weight is 274 g/mol. The normalized spacial score (nSPS) is 12.8. The van der Waals surface area contributed by atoms with Crippen LogP contribution >= 0.6 is 0 Å². The summed E-state index contributed by atoms with van der Waals surface area (Å²) < 4.78 is 5.36. The molecule has 1 N–H and O–H groups in total. The highest BCUT2D eigenvalue weighted by molar-refractivity contribution is 5.52. The van der Waals surface area contributed by atoms with E-state index in [0.717, 1.165) is 24.9 Å². The zero-order chi connectivity index (χ0) is 14.4. The predicted octanol–water partition coefficient (Wildman–Crippen LogP) is 2.70. The molecule has 0 aliphatic carbocycles. The minimum Gasteiger partial charge on any atom is -0.339 e. The van der Waals surface area contributed by atoms with E-state index in [1.54, 1.807) is 12.4 Å². The molecule has 108 valence electrons. The van der Waals surface area contributed by atoms with Gasteiger partial charge in [-0.3, -0.25) is 4.98 Å². The van der Waals surface area contributed by atoms with E-state index in [1.807, 2.05) is 12.1 Å². The van der Waals surface area contributed by atoms with E-state index in [4.69, 9.17) is 4.52 Å². The Morgan fingerprint density at radius 1 is 1.25 bits per heavy atom. The number of nitrogens with zero attached hydrogens (tertiary/aromatic N) is 3. The van der Waals surface area contributed by atoms with E-state index >= 15 is 0 Å². The maximum absolute atomic E-state index is 5.36. The molecule has 0 spiro atoms. The second-order valence-electron chi connectivity index (χ2n) is 5.34. The third-order valence-corrected chi connectivity index (χ3v) is 3.08. The van der Waals surface area contributed by atoms with E-state index in [2.05, 4.69) is 41.2 Å². The summed E-state index contributed by atoms with van der Waals surface area (Å²) >= 11 is 0. The maximum atomic E-state index is 5.36. The Hall–Kier alpha value is -1.75. The number of hydrogen-bond donors (Lipinski definition) is 1. The fourth-order valence-electron chi connectivity index (χ4n) is 2.26. The number of rotatable bonds is 7. The van der Waals surface area contributed by atoms with E-state index < -0.39 is 0 Å². The third kappa shape index (κ3) is 4.13. The van der Waals surface area contributed by atoms with E-state index in [0.29, 0.717) is 23.7 Å². The molecule has 1 unspecified atom stereocenters. The maximum Gasteiger partial charge on any atom is 0.228 e. The zero-order valence-electron chi connectivity index (χ0n) is 12.3. The molecule has 0 aliphatic heterocycles. The number of hydrogen-bond acceptors (Lipinski definition) is 5. The lowest BCUT2D eigenvalue weighted by molar-refractivity contribution is 0.340. The molecule has 1 atom stereocenters. The van der Waals surface area contributed by atoms with Crippen LogP contribution < -0.4 is 5.32 Å². The van der Waals surface area contributed by atoms with Crippen molar-refractivity contribution in [3.05, 3.63) is 30.4 Å². The summed E-state index contributed by atoms with van der Waals surface area (Å²) in [6.45, 7) is 7.51. The number of aromatic nitrogens is 3. The van der Waals surface area contributed by atoms with Crippen LogP contribution in [0.15, 0.2) is 29.0 Å². The van der Waals surface area contributed by atoms with Gasteiger partial charge in [0.1, 0.15) is 0 Å². The highest BCUT2D eigenvalue weighted by Gasteiger charge is 2.15. The molecule has 2 rings (SSSR count). The van der Waals surface area contributed by atoms with Crippen molar-refractivity contribution >= 4 is 0 Å². The van der Waals surface area contributed by atoms with Crippen LogP contribution in [0, 0.1) is 5.92 Å². The number of nitrogens with one attached hydrogen (secondary N) is 1. The van der Waals surface area contributed by atoms with Crippen molar-refractivity contribution < 1.29 is 4.52 Å². The van der Waals surface area contributed by atoms with Crippen LogP contribution in [0.1, 0.15) is 33.1 Å². The van der Waals surface area contributed by atoms with Crippen molar-refractivity contribution in [2.24, 2.45) is 5.92 Å². The van der Waals surface area contributed by atoms with Crippen molar-refractivity contribution in [2.45, 2.75) is 39.7 Å². The van der Waals surface area contributed by atoms with Gasteiger partial charge in [-0.15, -0.1) is 0 Å². The second kappa shape index (κ2) is 7.14. The summed E-state index contributed by atoms with van der Waals surface area (Å²) in [5, 5.41) is 7.51. The minimum atomic E-state index is 0.380.